The lowest BCUT2D eigenvalue weighted by molar-refractivity contribution is 0.107. The fourth-order valence-corrected chi connectivity index (χ4v) is 3.37. The second kappa shape index (κ2) is 2.86. The Hall–Kier alpha value is 0.200. The Bertz CT molecular complexity index is 295. The van der Waals surface area contributed by atoms with E-state index in [1.165, 1.54) is 11.3 Å². The Labute approximate surface area is 83.4 Å². The molecule has 0 aromatic carbocycles. The number of hydrogen-bond acceptors (Lipinski definition) is 3. The molecular weight excluding hydrogens is 219 g/mol. The number of fused-ring (bicyclic) bond motifs is 1. The van der Waals surface area contributed by atoms with Crippen LogP contribution < -0.4 is 0 Å². The third-order valence-corrected chi connectivity index (χ3v) is 3.67. The molecule has 2 rings (SSSR count). The van der Waals surface area contributed by atoms with Crippen molar-refractivity contribution in [2.75, 3.05) is 0 Å². The third-order valence-electron chi connectivity index (χ3n) is 2.01. The minimum atomic E-state index is -0.661. The Morgan fingerprint density at radius 2 is 1.50 bits per heavy atom. The second-order valence-corrected chi connectivity index (χ2v) is 4.97. The molecule has 1 aliphatic carbocycles. The van der Waals surface area contributed by atoms with Crippen LogP contribution in [0.1, 0.15) is 29.8 Å². The van der Waals surface area contributed by atoms with Gasteiger partial charge in [0.15, 0.2) is 0 Å². The van der Waals surface area contributed by atoms with Crippen molar-refractivity contribution in [2.24, 2.45) is 0 Å². The number of aliphatic hydroxyl groups is 2. The van der Waals surface area contributed by atoms with Gasteiger partial charge in [-0.3, -0.25) is 0 Å². The minimum absolute atomic E-state index is 0.303. The molecule has 0 bridgehead atoms. The summed E-state index contributed by atoms with van der Waals surface area (Å²) in [5.41, 5.74) is 1.22. The molecule has 0 unspecified atom stereocenters. The molecule has 1 aliphatic rings. The van der Waals surface area contributed by atoms with Crippen molar-refractivity contribution >= 4 is 34.5 Å². The maximum Gasteiger partial charge on any atom is 0.101 e. The van der Waals surface area contributed by atoms with Crippen molar-refractivity contribution in [2.45, 2.75) is 18.6 Å². The van der Waals surface area contributed by atoms with Gasteiger partial charge in [-0.25, -0.2) is 0 Å². The quantitative estimate of drug-likeness (QED) is 0.712. The van der Waals surface area contributed by atoms with Crippen molar-refractivity contribution in [1.29, 1.82) is 0 Å². The number of aliphatic hydroxyl groups excluding tert-OH is 2. The third kappa shape index (κ3) is 1.09. The highest BCUT2D eigenvalue weighted by atomic mass is 35.5. The smallest absolute Gasteiger partial charge is 0.101 e. The lowest BCUT2D eigenvalue weighted by atomic mass is 10.2. The predicted octanol–water partition coefficient (Wildman–Crippen LogP) is 2.53. The molecule has 1 aromatic heterocycles. The van der Waals surface area contributed by atoms with Gasteiger partial charge in [-0.05, 0) is 0 Å². The van der Waals surface area contributed by atoms with Gasteiger partial charge in [0, 0.05) is 17.5 Å². The van der Waals surface area contributed by atoms with Gasteiger partial charge >= 0.3 is 0 Å². The number of hydrogen-bond donors (Lipinski definition) is 2. The first-order valence-electron chi connectivity index (χ1n) is 3.45. The van der Waals surface area contributed by atoms with Gasteiger partial charge in [0.1, 0.15) is 8.67 Å². The Morgan fingerprint density at radius 3 is 1.92 bits per heavy atom. The minimum Gasteiger partial charge on any atom is -0.388 e. The SMILES string of the molecule is O[C@@H]1C[C@H](O)c2c(Cl)sc(Cl)c21. The summed E-state index contributed by atoms with van der Waals surface area (Å²) in [6, 6.07) is 0. The van der Waals surface area contributed by atoms with Crippen LogP contribution in [0.4, 0.5) is 0 Å². The summed E-state index contributed by atoms with van der Waals surface area (Å²) in [5, 5.41) is 18.9. The summed E-state index contributed by atoms with van der Waals surface area (Å²) in [5.74, 6) is 0. The van der Waals surface area contributed by atoms with E-state index in [9.17, 15) is 10.2 Å². The molecule has 0 fully saturated rings. The molecule has 0 aliphatic heterocycles. The summed E-state index contributed by atoms with van der Waals surface area (Å²) >= 11 is 12.8. The number of rotatable bonds is 0. The van der Waals surface area contributed by atoms with E-state index < -0.39 is 12.2 Å². The van der Waals surface area contributed by atoms with E-state index in [4.69, 9.17) is 23.2 Å². The van der Waals surface area contributed by atoms with Gasteiger partial charge < -0.3 is 10.2 Å². The van der Waals surface area contributed by atoms with E-state index in [1.807, 2.05) is 0 Å². The van der Waals surface area contributed by atoms with Crippen molar-refractivity contribution in [3.63, 3.8) is 0 Å². The van der Waals surface area contributed by atoms with Crippen LogP contribution in [0.5, 0.6) is 0 Å². The molecule has 2 nitrogen and oxygen atoms in total. The van der Waals surface area contributed by atoms with E-state index in [1.54, 1.807) is 0 Å². The average Bonchev–Trinajstić information content (AvgIpc) is 2.38. The molecule has 0 amide bonds. The first-order valence-corrected chi connectivity index (χ1v) is 5.02. The molecule has 66 valence electrons. The van der Waals surface area contributed by atoms with Crippen molar-refractivity contribution < 1.29 is 10.2 Å². The second-order valence-electron chi connectivity index (χ2n) is 2.74. The Balaban J connectivity index is 2.62. The van der Waals surface area contributed by atoms with Gasteiger partial charge in [-0.1, -0.05) is 23.2 Å². The maximum absolute atomic E-state index is 9.45. The molecule has 0 radical (unpaired) electrons. The summed E-state index contributed by atoms with van der Waals surface area (Å²) in [6.07, 6.45) is -1.02. The van der Waals surface area contributed by atoms with Crippen molar-refractivity contribution in [3.8, 4) is 0 Å². The summed E-state index contributed by atoms with van der Waals surface area (Å²) < 4.78 is 0.970. The zero-order valence-corrected chi connectivity index (χ0v) is 8.25. The highest BCUT2D eigenvalue weighted by molar-refractivity contribution is 7.20. The van der Waals surface area contributed by atoms with Crippen LogP contribution >= 0.6 is 34.5 Å². The molecule has 12 heavy (non-hydrogen) atoms. The van der Waals surface area contributed by atoms with Crippen LogP contribution in [0.15, 0.2) is 0 Å². The highest BCUT2D eigenvalue weighted by Gasteiger charge is 2.34. The molecule has 0 saturated heterocycles. The summed E-state index contributed by atoms with van der Waals surface area (Å²) in [4.78, 5) is 0. The van der Waals surface area contributed by atoms with Gasteiger partial charge in [0.2, 0.25) is 0 Å². The average molecular weight is 225 g/mol. The van der Waals surface area contributed by atoms with Gasteiger partial charge in [-0.2, -0.15) is 0 Å². The van der Waals surface area contributed by atoms with E-state index in [0.29, 0.717) is 26.2 Å². The van der Waals surface area contributed by atoms with Gasteiger partial charge in [-0.15, -0.1) is 11.3 Å². The molecule has 0 saturated carbocycles. The first kappa shape index (κ1) is 8.78. The van der Waals surface area contributed by atoms with Crippen LogP contribution in [0, 0.1) is 0 Å². The Morgan fingerprint density at radius 1 is 1.08 bits per heavy atom. The van der Waals surface area contributed by atoms with Gasteiger partial charge in [0.05, 0.1) is 12.2 Å². The molecular formula is C7H6Cl2O2S. The molecule has 5 heteroatoms. The van der Waals surface area contributed by atoms with Crippen LogP contribution in [-0.2, 0) is 0 Å². The standard InChI is InChI=1S/C7H6Cl2O2S/c8-6-4-2(10)1-3(11)5(4)7(9)12-6/h2-3,10-11H,1H2/t2-,3+. The van der Waals surface area contributed by atoms with Crippen LogP contribution in [-0.4, -0.2) is 10.2 Å². The molecule has 2 N–H and O–H groups in total. The summed E-state index contributed by atoms with van der Waals surface area (Å²) in [7, 11) is 0. The maximum atomic E-state index is 9.45. The monoisotopic (exact) mass is 224 g/mol. The lowest BCUT2D eigenvalue weighted by Crippen LogP contribution is -1.90. The fraction of sp³-hybridized carbons (Fsp3) is 0.429. The van der Waals surface area contributed by atoms with Crippen molar-refractivity contribution in [1.82, 2.24) is 0 Å². The predicted molar refractivity (Wildman–Crippen MR) is 48.9 cm³/mol. The van der Waals surface area contributed by atoms with Crippen molar-refractivity contribution in [3.05, 3.63) is 19.8 Å². The molecule has 1 aromatic rings. The molecule has 2 atom stereocenters. The zero-order chi connectivity index (χ0) is 8.88. The molecule has 1 heterocycles. The lowest BCUT2D eigenvalue weighted by Gasteiger charge is -2.00. The van der Waals surface area contributed by atoms with E-state index >= 15 is 0 Å². The summed E-state index contributed by atoms with van der Waals surface area (Å²) in [6.45, 7) is 0. The Kier molecular flexibility index (Phi) is 2.09. The van der Waals surface area contributed by atoms with Gasteiger partial charge in [0.25, 0.3) is 0 Å². The van der Waals surface area contributed by atoms with E-state index in [-0.39, 0.29) is 0 Å². The largest absolute Gasteiger partial charge is 0.388 e. The topological polar surface area (TPSA) is 40.5 Å². The first-order chi connectivity index (χ1) is 5.61. The van der Waals surface area contributed by atoms with E-state index in [2.05, 4.69) is 0 Å². The number of halogens is 2. The normalized spacial score (nSPS) is 27.7. The fourth-order valence-electron chi connectivity index (χ4n) is 1.47. The van der Waals surface area contributed by atoms with Crippen LogP contribution in [0.2, 0.25) is 8.67 Å². The zero-order valence-electron chi connectivity index (χ0n) is 5.92. The van der Waals surface area contributed by atoms with Crippen LogP contribution in [0.3, 0.4) is 0 Å². The molecule has 0 spiro atoms. The highest BCUT2D eigenvalue weighted by Crippen LogP contribution is 2.50. The number of thiophene rings is 1. The van der Waals surface area contributed by atoms with Crippen LogP contribution in [0.25, 0.3) is 0 Å². The van der Waals surface area contributed by atoms with E-state index in [0.717, 1.165) is 0 Å².